The van der Waals surface area contributed by atoms with Gasteiger partial charge in [0.15, 0.2) is 0 Å². The second-order valence-corrected chi connectivity index (χ2v) is 11.3. The van der Waals surface area contributed by atoms with E-state index in [-0.39, 0.29) is 0 Å². The van der Waals surface area contributed by atoms with Gasteiger partial charge in [0, 0.05) is 18.8 Å². The predicted octanol–water partition coefficient (Wildman–Crippen LogP) is 9.61. The van der Waals surface area contributed by atoms with E-state index in [0.29, 0.717) is 13.1 Å². The molecule has 0 spiro atoms. The van der Waals surface area contributed by atoms with E-state index in [0.717, 1.165) is 42.6 Å². The number of nitrogens with zero attached hydrogens (tertiary/aromatic N) is 2. The first-order chi connectivity index (χ1) is 18.9. The standard InChI is InChI=1S/C33H60N4O2/c1-4-6-8-10-12-14-16-18-20-22-26-36(32(34)38)30-25-24-29(3)31(28-30)37(33(35)39)27-23-21-19-17-15-13-11-9-7-5-2/h24-25,28H,4-23,26-27H2,1-3H3,(H2,34,38)(H2,35,39). The second-order valence-electron chi connectivity index (χ2n) is 11.3. The molecule has 0 aromatic heterocycles. The third-order valence-corrected chi connectivity index (χ3v) is 7.80. The van der Waals surface area contributed by atoms with Crippen molar-refractivity contribution in [1.82, 2.24) is 0 Å². The lowest BCUT2D eigenvalue weighted by Gasteiger charge is -2.26. The summed E-state index contributed by atoms with van der Waals surface area (Å²) >= 11 is 0. The number of aryl methyl sites for hydroxylation is 1. The van der Waals surface area contributed by atoms with Crippen molar-refractivity contribution in [3.8, 4) is 0 Å². The van der Waals surface area contributed by atoms with Crippen molar-refractivity contribution in [1.29, 1.82) is 0 Å². The van der Waals surface area contributed by atoms with Gasteiger partial charge < -0.3 is 11.5 Å². The van der Waals surface area contributed by atoms with Gasteiger partial charge in [-0.1, -0.05) is 135 Å². The van der Waals surface area contributed by atoms with Crippen LogP contribution in [0.4, 0.5) is 21.0 Å². The summed E-state index contributed by atoms with van der Waals surface area (Å²) in [5.74, 6) is 0. The summed E-state index contributed by atoms with van der Waals surface area (Å²) in [5, 5.41) is 0. The topological polar surface area (TPSA) is 92.7 Å². The third-order valence-electron chi connectivity index (χ3n) is 7.80. The van der Waals surface area contributed by atoms with Crippen LogP contribution in [0.25, 0.3) is 0 Å². The normalized spacial score (nSPS) is 11.1. The number of anilines is 2. The predicted molar refractivity (Wildman–Crippen MR) is 169 cm³/mol. The van der Waals surface area contributed by atoms with Gasteiger partial charge in [0.2, 0.25) is 0 Å². The zero-order chi connectivity index (χ0) is 28.7. The molecular formula is C33H60N4O2. The molecule has 0 atom stereocenters. The van der Waals surface area contributed by atoms with E-state index in [1.807, 2.05) is 25.1 Å². The van der Waals surface area contributed by atoms with Crippen LogP contribution in [0.3, 0.4) is 0 Å². The fraction of sp³-hybridized carbons (Fsp3) is 0.758. The molecular weight excluding hydrogens is 484 g/mol. The SMILES string of the molecule is CCCCCCCCCCCCN(C(N)=O)c1ccc(C)c(N(CCCCCCCCCCCC)C(N)=O)c1. The summed E-state index contributed by atoms with van der Waals surface area (Å²) in [4.78, 5) is 28.0. The van der Waals surface area contributed by atoms with Gasteiger partial charge in [0.25, 0.3) is 0 Å². The minimum Gasteiger partial charge on any atom is -0.351 e. The fourth-order valence-electron chi connectivity index (χ4n) is 5.29. The molecule has 0 heterocycles. The van der Waals surface area contributed by atoms with E-state index in [1.54, 1.807) is 9.80 Å². The van der Waals surface area contributed by atoms with Gasteiger partial charge in [-0.05, 0) is 37.5 Å². The molecule has 0 aliphatic carbocycles. The molecule has 0 saturated heterocycles. The highest BCUT2D eigenvalue weighted by atomic mass is 16.2. The van der Waals surface area contributed by atoms with Crippen LogP contribution in [-0.4, -0.2) is 25.2 Å². The van der Waals surface area contributed by atoms with Crippen molar-refractivity contribution < 1.29 is 9.59 Å². The average Bonchev–Trinajstić information content (AvgIpc) is 2.91. The van der Waals surface area contributed by atoms with E-state index in [2.05, 4.69) is 13.8 Å². The lowest BCUT2D eigenvalue weighted by molar-refractivity contribution is 0.253. The van der Waals surface area contributed by atoms with Crippen molar-refractivity contribution in [2.24, 2.45) is 11.5 Å². The van der Waals surface area contributed by atoms with Crippen molar-refractivity contribution in [2.75, 3.05) is 22.9 Å². The van der Waals surface area contributed by atoms with Crippen LogP contribution in [0.1, 0.15) is 148 Å². The van der Waals surface area contributed by atoms with Crippen LogP contribution in [0.5, 0.6) is 0 Å². The van der Waals surface area contributed by atoms with Crippen molar-refractivity contribution in [2.45, 2.75) is 149 Å². The molecule has 39 heavy (non-hydrogen) atoms. The summed E-state index contributed by atoms with van der Waals surface area (Å²) in [7, 11) is 0. The molecule has 1 rings (SSSR count). The smallest absolute Gasteiger partial charge is 0.319 e. The Labute approximate surface area is 240 Å². The first-order valence-electron chi connectivity index (χ1n) is 16.2. The number of urea groups is 2. The first kappa shape index (κ1) is 34.8. The lowest BCUT2D eigenvalue weighted by Crippen LogP contribution is -2.38. The molecule has 0 aliphatic heterocycles. The molecule has 4 amide bonds. The van der Waals surface area contributed by atoms with E-state index in [1.165, 1.54) is 103 Å². The molecule has 1 aromatic rings. The maximum Gasteiger partial charge on any atom is 0.319 e. The summed E-state index contributed by atoms with van der Waals surface area (Å²) in [6, 6.07) is 4.86. The van der Waals surface area contributed by atoms with E-state index in [4.69, 9.17) is 11.5 Å². The Morgan fingerprint density at radius 2 is 0.923 bits per heavy atom. The number of amides is 4. The second kappa shape index (κ2) is 22.6. The van der Waals surface area contributed by atoms with Gasteiger partial charge in [0.05, 0.1) is 5.69 Å². The number of rotatable bonds is 24. The highest BCUT2D eigenvalue weighted by molar-refractivity contribution is 5.95. The number of hydrogen-bond donors (Lipinski definition) is 2. The van der Waals surface area contributed by atoms with Gasteiger partial charge >= 0.3 is 12.1 Å². The molecule has 0 unspecified atom stereocenters. The summed E-state index contributed by atoms with van der Waals surface area (Å²) in [6.07, 6.45) is 24.8. The van der Waals surface area contributed by atoms with Crippen LogP contribution in [0.2, 0.25) is 0 Å². The fourth-order valence-corrected chi connectivity index (χ4v) is 5.29. The van der Waals surface area contributed by atoms with E-state index >= 15 is 0 Å². The third kappa shape index (κ3) is 15.8. The van der Waals surface area contributed by atoms with Gasteiger partial charge in [-0.2, -0.15) is 0 Å². The number of carbonyl (C=O) groups is 2. The Morgan fingerprint density at radius 3 is 1.31 bits per heavy atom. The Balaban J connectivity index is 2.53. The van der Waals surface area contributed by atoms with E-state index < -0.39 is 12.1 Å². The minimum absolute atomic E-state index is 0.452. The van der Waals surface area contributed by atoms with Crippen molar-refractivity contribution >= 4 is 23.4 Å². The molecule has 0 saturated carbocycles. The van der Waals surface area contributed by atoms with Crippen molar-refractivity contribution in [3.05, 3.63) is 23.8 Å². The highest BCUT2D eigenvalue weighted by Crippen LogP contribution is 2.28. The lowest BCUT2D eigenvalue weighted by atomic mass is 10.1. The van der Waals surface area contributed by atoms with Crippen LogP contribution >= 0.6 is 0 Å². The Kier molecular flexibility index (Phi) is 20.1. The monoisotopic (exact) mass is 544 g/mol. The van der Waals surface area contributed by atoms with Gasteiger partial charge in [0.1, 0.15) is 0 Å². The van der Waals surface area contributed by atoms with E-state index in [9.17, 15) is 9.59 Å². The van der Waals surface area contributed by atoms with Crippen LogP contribution in [-0.2, 0) is 0 Å². The van der Waals surface area contributed by atoms with Gasteiger partial charge in [-0.25, -0.2) is 9.59 Å². The van der Waals surface area contributed by atoms with Crippen LogP contribution in [0, 0.1) is 6.92 Å². The largest absolute Gasteiger partial charge is 0.351 e. The molecule has 4 N–H and O–H groups in total. The Morgan fingerprint density at radius 1 is 0.564 bits per heavy atom. The number of primary amides is 2. The number of benzene rings is 1. The maximum atomic E-state index is 12.4. The summed E-state index contributed by atoms with van der Waals surface area (Å²) in [5.41, 5.74) is 14.0. The summed E-state index contributed by atoms with van der Waals surface area (Å²) in [6.45, 7) is 7.65. The zero-order valence-corrected chi connectivity index (χ0v) is 25.7. The molecule has 1 aromatic carbocycles. The van der Waals surface area contributed by atoms with Crippen molar-refractivity contribution in [3.63, 3.8) is 0 Å². The Hall–Kier alpha value is -2.24. The zero-order valence-electron chi connectivity index (χ0n) is 25.7. The molecule has 0 fully saturated rings. The van der Waals surface area contributed by atoms with Gasteiger partial charge in [-0.15, -0.1) is 0 Å². The summed E-state index contributed by atoms with van der Waals surface area (Å²) < 4.78 is 0. The highest BCUT2D eigenvalue weighted by Gasteiger charge is 2.18. The number of unbranched alkanes of at least 4 members (excludes halogenated alkanes) is 18. The molecule has 6 heteroatoms. The number of nitrogens with two attached hydrogens (primary N) is 2. The molecule has 0 aliphatic rings. The first-order valence-corrected chi connectivity index (χ1v) is 16.2. The quantitative estimate of drug-likeness (QED) is 0.127. The maximum absolute atomic E-state index is 12.4. The minimum atomic E-state index is -0.457. The Bertz CT molecular complexity index is 783. The van der Waals surface area contributed by atoms with Crippen LogP contribution < -0.4 is 21.3 Å². The number of carbonyl (C=O) groups excluding carboxylic acids is 2. The number of hydrogen-bond acceptors (Lipinski definition) is 2. The molecule has 6 nitrogen and oxygen atoms in total. The molecule has 0 bridgehead atoms. The van der Waals surface area contributed by atoms with Crippen LogP contribution in [0.15, 0.2) is 18.2 Å². The van der Waals surface area contributed by atoms with Gasteiger partial charge in [-0.3, -0.25) is 9.80 Å². The molecule has 224 valence electrons. The average molecular weight is 545 g/mol. The molecule has 0 radical (unpaired) electrons.